The topological polar surface area (TPSA) is 285 Å². The van der Waals surface area contributed by atoms with Gasteiger partial charge in [0.25, 0.3) is 0 Å². The summed E-state index contributed by atoms with van der Waals surface area (Å²) in [6, 6.07) is 58.4. The van der Waals surface area contributed by atoms with Crippen LogP contribution in [-0.4, -0.2) is 200 Å². The molecule has 698 valence electrons. The van der Waals surface area contributed by atoms with Gasteiger partial charge in [-0.1, -0.05) is 117 Å². The minimum atomic E-state index is -0.375. The molecule has 6 N–H and O–H groups in total. The van der Waals surface area contributed by atoms with E-state index in [0.717, 1.165) is 153 Å². The normalized spacial score (nSPS) is 13.6. The molecular weight excluding hydrogens is 1670 g/mol. The predicted molar refractivity (Wildman–Crippen MR) is 539 cm³/mol. The number of hydrogen-bond donors (Lipinski definition) is 6. The van der Waals surface area contributed by atoms with E-state index >= 15 is 0 Å². The molecule has 0 spiro atoms. The molecule has 0 bridgehead atoms. The number of aromatic nitrogens is 8. The van der Waals surface area contributed by atoms with Crippen molar-refractivity contribution < 1.29 is 33.3 Å². The highest BCUT2D eigenvalue weighted by molar-refractivity contribution is 6.10. The number of benzene rings is 8. The second-order valence-electron chi connectivity index (χ2n) is 35.0. The number of ether oxygens (including phenoxy) is 4. The maximum absolute atomic E-state index is 14.4. The number of methoxy groups -OCH3 is 4. The van der Waals surface area contributed by atoms with E-state index in [1.54, 1.807) is 82.0 Å². The fourth-order valence-corrected chi connectivity index (χ4v) is 16.4. The Morgan fingerprint density at radius 3 is 1.17 bits per heavy atom. The van der Waals surface area contributed by atoms with Gasteiger partial charge in [0.15, 0.2) is 0 Å². The number of aryl methyl sites for hydroxylation is 2. The molecule has 3 aliphatic heterocycles. The van der Waals surface area contributed by atoms with Crippen LogP contribution in [0.4, 0.5) is 118 Å². The first-order valence-corrected chi connectivity index (χ1v) is 45.7. The Balaban J connectivity index is 0.000000170. The molecule has 7 heterocycles. The third-order valence-corrected chi connectivity index (χ3v) is 24.2. The zero-order chi connectivity index (χ0) is 94.5. The largest absolute Gasteiger partial charge is 0.497 e. The molecule has 0 atom stereocenters. The van der Waals surface area contributed by atoms with Crippen LogP contribution in [0.2, 0.25) is 0 Å². The Kier molecular flexibility index (Phi) is 32.7. The Morgan fingerprint density at radius 1 is 0.391 bits per heavy atom. The monoisotopic (exact) mass is 1800 g/mol. The summed E-state index contributed by atoms with van der Waals surface area (Å²) >= 11 is 0. The first-order chi connectivity index (χ1) is 64.2. The predicted octanol–water partition coefficient (Wildman–Crippen LogP) is 21.3. The molecule has 30 heteroatoms. The molecule has 6 amide bonds. The van der Waals surface area contributed by atoms with E-state index in [4.69, 9.17) is 18.9 Å². The maximum Gasteiger partial charge on any atom is 0.332 e. The quantitative estimate of drug-likeness (QED) is 0.0266. The van der Waals surface area contributed by atoms with E-state index < -0.39 is 0 Å². The van der Waals surface area contributed by atoms with Gasteiger partial charge in [-0.15, -0.1) is 0 Å². The minimum absolute atomic E-state index is 0.147. The van der Waals surface area contributed by atoms with Crippen molar-refractivity contribution in [2.75, 3.05) is 189 Å². The third-order valence-electron chi connectivity index (χ3n) is 24.2. The zero-order valence-electron chi connectivity index (χ0n) is 80.2. The highest BCUT2D eigenvalue weighted by Crippen LogP contribution is 2.42. The molecule has 30 nitrogen and oxygen atoms in total. The number of hydrogen-bond acceptors (Lipinski definition) is 23. The molecule has 3 aliphatic rings. The van der Waals surface area contributed by atoms with Crippen molar-refractivity contribution in [1.29, 1.82) is 0 Å². The highest BCUT2D eigenvalue weighted by Gasteiger charge is 2.31. The summed E-state index contributed by atoms with van der Waals surface area (Å²) in [5.41, 5.74) is 16.5. The van der Waals surface area contributed by atoms with Gasteiger partial charge in [0, 0.05) is 167 Å². The fraction of sp³-hybridized carbons (Fsp3) is 0.359. The van der Waals surface area contributed by atoms with Crippen molar-refractivity contribution in [3.05, 3.63) is 247 Å². The van der Waals surface area contributed by atoms with Gasteiger partial charge in [-0.2, -0.15) is 5.10 Å². The van der Waals surface area contributed by atoms with Crippen LogP contribution < -0.4 is 80.2 Å². The van der Waals surface area contributed by atoms with Gasteiger partial charge < -0.3 is 80.2 Å². The van der Waals surface area contributed by atoms with Crippen molar-refractivity contribution in [2.45, 2.75) is 120 Å². The third kappa shape index (κ3) is 24.4. The molecule has 133 heavy (non-hydrogen) atoms. The molecule has 4 aromatic heterocycles. The molecule has 15 rings (SSSR count). The van der Waals surface area contributed by atoms with Crippen molar-refractivity contribution in [3.8, 4) is 23.0 Å². The SMILES string of the molecule is CCN1CCN(c2ccc(Nc3cc(N(C(=O)Nc4c(C)cccc4C)c4cnn(C(C)C)c4)ncn3)cc2)CC1.COc1ccc(N(C(=O)Nc2c(C(C)C)cccc2C(C)C)c2cc(Nc3ccc(N4CCN(C)CC4)cc3)ncn2)c(OC)c1.COc1ccc(Nc2cc(N(C(=O)Nc3c(C(C)C)cccc3C(C)C)c3ccc(N4CCN(C)CC4)cc3)ncn2)c(OC)c1. The summed E-state index contributed by atoms with van der Waals surface area (Å²) in [7, 11) is 10.7. The fourth-order valence-electron chi connectivity index (χ4n) is 16.4. The Hall–Kier alpha value is -14.1. The van der Waals surface area contributed by atoms with Crippen molar-refractivity contribution in [1.82, 2.24) is 54.4 Å². The molecule has 3 saturated heterocycles. The number of carbonyl (C=O) groups is 3. The lowest BCUT2D eigenvalue weighted by Crippen LogP contribution is -2.46. The van der Waals surface area contributed by atoms with E-state index in [-0.39, 0.29) is 47.8 Å². The molecule has 0 saturated carbocycles. The van der Waals surface area contributed by atoms with Gasteiger partial charge >= 0.3 is 18.1 Å². The van der Waals surface area contributed by atoms with Crippen LogP contribution in [-0.2, 0) is 0 Å². The number of urea groups is 3. The molecule has 12 aromatic rings. The van der Waals surface area contributed by atoms with Gasteiger partial charge in [-0.25, -0.2) is 59.0 Å². The lowest BCUT2D eigenvalue weighted by molar-refractivity contribution is 0.258. The summed E-state index contributed by atoms with van der Waals surface area (Å²) in [6.07, 6.45) is 7.90. The molecule has 0 radical (unpaired) electrons. The summed E-state index contributed by atoms with van der Waals surface area (Å²) in [5, 5.41) is 24.1. The Morgan fingerprint density at radius 2 is 0.767 bits per heavy atom. The van der Waals surface area contributed by atoms with Gasteiger partial charge in [-0.05, 0) is 202 Å². The van der Waals surface area contributed by atoms with Gasteiger partial charge in [0.1, 0.15) is 76.9 Å². The van der Waals surface area contributed by atoms with Gasteiger partial charge in [0.2, 0.25) is 0 Å². The van der Waals surface area contributed by atoms with Crippen molar-refractivity contribution in [2.24, 2.45) is 0 Å². The zero-order valence-corrected chi connectivity index (χ0v) is 80.2. The Labute approximate surface area is 783 Å². The number of rotatable bonds is 28. The average Bonchev–Trinajstić information content (AvgIpc) is 1.18. The van der Waals surface area contributed by atoms with Crippen LogP contribution in [0.3, 0.4) is 0 Å². The van der Waals surface area contributed by atoms with E-state index in [1.807, 2.05) is 99.2 Å². The highest BCUT2D eigenvalue weighted by atomic mass is 16.5. The van der Waals surface area contributed by atoms with Crippen LogP contribution in [0.25, 0.3) is 0 Å². The number of nitrogens with one attached hydrogen (secondary N) is 6. The molecule has 0 aliphatic carbocycles. The first kappa shape index (κ1) is 96.5. The number of para-hydroxylation sites is 3. The minimum Gasteiger partial charge on any atom is -0.497 e. The second kappa shape index (κ2) is 45.2. The number of anilines is 18. The smallest absolute Gasteiger partial charge is 0.332 e. The molecule has 3 fully saturated rings. The molecular formula is C103H129N23O7. The summed E-state index contributed by atoms with van der Waals surface area (Å²) in [6.45, 7) is 40.7. The van der Waals surface area contributed by atoms with Crippen LogP contribution in [0.5, 0.6) is 23.0 Å². The van der Waals surface area contributed by atoms with E-state index in [0.29, 0.717) is 80.7 Å². The van der Waals surface area contributed by atoms with Crippen molar-refractivity contribution in [3.63, 3.8) is 0 Å². The number of likely N-dealkylation sites (N-methyl/N-ethyl adjacent to an activating group) is 3. The lowest BCUT2D eigenvalue weighted by Gasteiger charge is -2.35. The van der Waals surface area contributed by atoms with E-state index in [2.05, 4.69) is 252 Å². The van der Waals surface area contributed by atoms with Crippen LogP contribution in [0, 0.1) is 13.8 Å². The second-order valence-corrected chi connectivity index (χ2v) is 35.0. The maximum atomic E-state index is 14.4. The van der Waals surface area contributed by atoms with E-state index in [1.165, 1.54) is 40.2 Å². The first-order valence-electron chi connectivity index (χ1n) is 45.7. The molecule has 0 unspecified atom stereocenters. The van der Waals surface area contributed by atoms with Crippen LogP contribution in [0.15, 0.2) is 213 Å². The number of piperazine rings is 3. The van der Waals surface area contributed by atoms with E-state index in [9.17, 15) is 14.4 Å². The van der Waals surface area contributed by atoms with Gasteiger partial charge in [-0.3, -0.25) is 4.68 Å². The number of nitrogens with zero attached hydrogens (tertiary/aromatic N) is 17. The average molecular weight is 1800 g/mol. The van der Waals surface area contributed by atoms with Crippen LogP contribution >= 0.6 is 0 Å². The lowest BCUT2D eigenvalue weighted by atomic mass is 9.93. The number of carbonyl (C=O) groups excluding carboxylic acids is 3. The summed E-state index contributed by atoms with van der Waals surface area (Å²) in [5.74, 6) is 6.06. The summed E-state index contributed by atoms with van der Waals surface area (Å²) < 4.78 is 23.9. The molecule has 8 aromatic carbocycles. The van der Waals surface area contributed by atoms with Crippen LogP contribution in [0.1, 0.15) is 139 Å². The van der Waals surface area contributed by atoms with Gasteiger partial charge in [0.05, 0.1) is 57.4 Å². The van der Waals surface area contributed by atoms with Crippen molar-refractivity contribution >= 4 is 121 Å². The number of amides is 6. The summed E-state index contributed by atoms with van der Waals surface area (Å²) in [4.78, 5) is 88.5. The Bertz CT molecular complexity index is 5800. The standard InChI is InChI=1S/2C36H45N7O3.C31H39N9O/c1-24(2)29-9-8-10-30(25(3)4)35(29)40-36(44)43(27-13-11-26(12-14-27)42-19-17-41(5)18-20-42)34-22-33(37-23-38-34)39-31-16-15-28(45-6)21-32(31)46-7;1-24(2)29-9-8-10-30(25(3)4)35(29)40-36(44)43(31-16-15-28(45-6)21-32(31)46-7)34-22-33(37-23-38-34)39-26-11-13-27(14-12-26)42-19-17-41(5)18-20-42;1-6-37-14-16-38(17-15-37)26-12-10-25(11-13-26)35-28-18-29(33-21-32-28)40(27-19-34-39(20-27)22(2)3)31(41)36-30-23(4)8-7-9-24(30)5/h2*8-16,21-25H,17-20H2,1-7H3,(H,40,44)(H,37,38,39);7-13,18-22H,6,14-17H2,1-5H3,(H,36,41)(H,32,33,35).